The van der Waals surface area contributed by atoms with Gasteiger partial charge in [-0.3, -0.25) is 4.79 Å². The van der Waals surface area contributed by atoms with Gasteiger partial charge in [-0.05, 0) is 37.6 Å². The molecule has 1 aromatic rings. The Bertz CT molecular complexity index is 486. The summed E-state index contributed by atoms with van der Waals surface area (Å²) in [7, 11) is 0. The molecule has 0 aromatic heterocycles. The SMILES string of the molecule is CCN(CCC(=O)Nc1ccc(F)cc1N)C1CCCC1. The standard InChI is InChI=1S/C16H24FN3O/c1-2-20(13-5-3-4-6-13)10-9-16(21)19-15-8-7-12(17)11-14(15)18/h7-8,11,13H,2-6,9-10,18H2,1H3,(H,19,21). The quantitative estimate of drug-likeness (QED) is 0.793. The van der Waals surface area contributed by atoms with E-state index in [1.165, 1.54) is 43.9 Å². The summed E-state index contributed by atoms with van der Waals surface area (Å²) in [6.07, 6.45) is 5.49. The van der Waals surface area contributed by atoms with Crippen LogP contribution in [0.5, 0.6) is 0 Å². The number of anilines is 2. The van der Waals surface area contributed by atoms with Crippen LogP contribution in [0.2, 0.25) is 0 Å². The first-order valence-electron chi connectivity index (χ1n) is 7.69. The van der Waals surface area contributed by atoms with Gasteiger partial charge in [0.15, 0.2) is 0 Å². The molecule has 5 heteroatoms. The fourth-order valence-electron chi connectivity index (χ4n) is 2.97. The number of nitrogens with two attached hydrogens (primary N) is 1. The normalized spacial score (nSPS) is 15.6. The van der Waals surface area contributed by atoms with Gasteiger partial charge in [0.25, 0.3) is 0 Å². The second kappa shape index (κ2) is 7.41. The third kappa shape index (κ3) is 4.43. The lowest BCUT2D eigenvalue weighted by Gasteiger charge is -2.27. The van der Waals surface area contributed by atoms with Crippen molar-refractivity contribution in [2.45, 2.75) is 45.1 Å². The first-order chi connectivity index (χ1) is 10.1. The maximum atomic E-state index is 13.0. The summed E-state index contributed by atoms with van der Waals surface area (Å²) in [4.78, 5) is 14.4. The molecular formula is C16H24FN3O. The van der Waals surface area contributed by atoms with Gasteiger partial charge in [0, 0.05) is 19.0 Å². The van der Waals surface area contributed by atoms with Crippen LogP contribution in [0.3, 0.4) is 0 Å². The Morgan fingerprint density at radius 3 is 2.76 bits per heavy atom. The Balaban J connectivity index is 1.83. The predicted molar refractivity (Wildman–Crippen MR) is 83.6 cm³/mol. The predicted octanol–water partition coefficient (Wildman–Crippen LogP) is 3.00. The Hall–Kier alpha value is -1.62. The van der Waals surface area contributed by atoms with Crippen LogP contribution in [-0.4, -0.2) is 29.9 Å². The molecule has 1 aliphatic rings. The van der Waals surface area contributed by atoms with Gasteiger partial charge in [0.1, 0.15) is 5.82 Å². The van der Waals surface area contributed by atoms with Gasteiger partial charge in [0.2, 0.25) is 5.91 Å². The maximum Gasteiger partial charge on any atom is 0.225 e. The maximum absolute atomic E-state index is 13.0. The third-order valence-corrected chi connectivity index (χ3v) is 4.16. The Labute approximate surface area is 125 Å². The zero-order valence-electron chi connectivity index (χ0n) is 12.6. The van der Waals surface area contributed by atoms with E-state index in [9.17, 15) is 9.18 Å². The van der Waals surface area contributed by atoms with Crippen molar-refractivity contribution < 1.29 is 9.18 Å². The summed E-state index contributed by atoms with van der Waals surface area (Å²) in [6.45, 7) is 3.86. The molecule has 0 bridgehead atoms. The lowest BCUT2D eigenvalue weighted by molar-refractivity contribution is -0.116. The molecule has 4 nitrogen and oxygen atoms in total. The van der Waals surface area contributed by atoms with E-state index in [0.717, 1.165) is 13.1 Å². The largest absolute Gasteiger partial charge is 0.397 e. The van der Waals surface area contributed by atoms with Gasteiger partial charge in [0.05, 0.1) is 11.4 Å². The van der Waals surface area contributed by atoms with E-state index < -0.39 is 5.82 Å². The summed E-state index contributed by atoms with van der Waals surface area (Å²) in [5, 5.41) is 2.75. The van der Waals surface area contributed by atoms with Crippen LogP contribution in [0, 0.1) is 5.82 Å². The van der Waals surface area contributed by atoms with Crippen molar-refractivity contribution in [1.82, 2.24) is 4.90 Å². The Morgan fingerprint density at radius 1 is 1.43 bits per heavy atom. The average Bonchev–Trinajstić information content (AvgIpc) is 2.97. The van der Waals surface area contributed by atoms with Crippen LogP contribution in [0.1, 0.15) is 39.0 Å². The fraction of sp³-hybridized carbons (Fsp3) is 0.562. The van der Waals surface area contributed by atoms with E-state index in [-0.39, 0.29) is 11.6 Å². The van der Waals surface area contributed by atoms with E-state index >= 15 is 0 Å². The fourth-order valence-corrected chi connectivity index (χ4v) is 2.97. The van der Waals surface area contributed by atoms with Crippen molar-refractivity contribution in [1.29, 1.82) is 0 Å². The summed E-state index contributed by atoms with van der Waals surface area (Å²) < 4.78 is 13.0. The minimum Gasteiger partial charge on any atom is -0.397 e. The van der Waals surface area contributed by atoms with Crippen molar-refractivity contribution in [2.24, 2.45) is 0 Å². The Kier molecular flexibility index (Phi) is 5.56. The molecule has 0 spiro atoms. The number of halogens is 1. The average molecular weight is 293 g/mol. The van der Waals surface area contributed by atoms with Crippen LogP contribution in [0.4, 0.5) is 15.8 Å². The lowest BCUT2D eigenvalue weighted by Crippen LogP contribution is -2.35. The molecule has 1 aliphatic carbocycles. The number of nitrogen functional groups attached to an aromatic ring is 1. The molecule has 0 aliphatic heterocycles. The molecule has 1 aromatic carbocycles. The van der Waals surface area contributed by atoms with Crippen molar-refractivity contribution in [3.05, 3.63) is 24.0 Å². The minimum atomic E-state index is -0.399. The number of hydrogen-bond donors (Lipinski definition) is 2. The van der Waals surface area contributed by atoms with E-state index in [1.54, 1.807) is 0 Å². The molecule has 3 N–H and O–H groups in total. The number of hydrogen-bond acceptors (Lipinski definition) is 3. The van der Waals surface area contributed by atoms with E-state index in [0.29, 0.717) is 18.2 Å². The number of nitrogens with zero attached hydrogens (tertiary/aromatic N) is 1. The second-order valence-corrected chi connectivity index (χ2v) is 5.60. The second-order valence-electron chi connectivity index (χ2n) is 5.60. The number of carbonyl (C=O) groups is 1. The van der Waals surface area contributed by atoms with Crippen molar-refractivity contribution in [2.75, 3.05) is 24.1 Å². The van der Waals surface area contributed by atoms with Gasteiger partial charge in [-0.15, -0.1) is 0 Å². The van der Waals surface area contributed by atoms with E-state index in [2.05, 4.69) is 17.1 Å². The van der Waals surface area contributed by atoms with Crippen LogP contribution >= 0.6 is 0 Å². The molecule has 116 valence electrons. The monoisotopic (exact) mass is 293 g/mol. The number of rotatable bonds is 6. The molecule has 1 saturated carbocycles. The summed E-state index contributed by atoms with van der Waals surface area (Å²) in [5.41, 5.74) is 6.42. The molecule has 2 rings (SSSR count). The van der Waals surface area contributed by atoms with Crippen LogP contribution in [-0.2, 0) is 4.79 Å². The molecule has 1 fully saturated rings. The number of nitrogens with one attached hydrogen (secondary N) is 1. The molecule has 0 saturated heterocycles. The summed E-state index contributed by atoms with van der Waals surface area (Å²) >= 11 is 0. The number of amides is 1. The Morgan fingerprint density at radius 2 is 2.14 bits per heavy atom. The zero-order chi connectivity index (χ0) is 15.2. The van der Waals surface area contributed by atoms with Gasteiger partial charge < -0.3 is 16.0 Å². The first kappa shape index (κ1) is 15.8. The van der Waals surface area contributed by atoms with Crippen molar-refractivity contribution in [3.63, 3.8) is 0 Å². The first-order valence-corrected chi connectivity index (χ1v) is 7.69. The third-order valence-electron chi connectivity index (χ3n) is 4.16. The summed E-state index contributed by atoms with van der Waals surface area (Å²) in [5.74, 6) is -0.478. The van der Waals surface area contributed by atoms with Crippen LogP contribution in [0.25, 0.3) is 0 Å². The highest BCUT2D eigenvalue weighted by Gasteiger charge is 2.21. The molecule has 0 heterocycles. The number of benzene rings is 1. The van der Waals surface area contributed by atoms with E-state index in [4.69, 9.17) is 5.73 Å². The molecule has 0 atom stereocenters. The number of carbonyl (C=O) groups excluding carboxylic acids is 1. The van der Waals surface area contributed by atoms with Crippen LogP contribution in [0.15, 0.2) is 18.2 Å². The van der Waals surface area contributed by atoms with E-state index in [1.807, 2.05) is 0 Å². The van der Waals surface area contributed by atoms with Crippen molar-refractivity contribution >= 4 is 17.3 Å². The molecular weight excluding hydrogens is 269 g/mol. The van der Waals surface area contributed by atoms with Crippen LogP contribution < -0.4 is 11.1 Å². The summed E-state index contributed by atoms with van der Waals surface area (Å²) in [6, 6.07) is 4.63. The van der Waals surface area contributed by atoms with Crippen molar-refractivity contribution in [3.8, 4) is 0 Å². The van der Waals surface area contributed by atoms with Gasteiger partial charge >= 0.3 is 0 Å². The highest BCUT2D eigenvalue weighted by Crippen LogP contribution is 2.23. The molecule has 1 amide bonds. The smallest absolute Gasteiger partial charge is 0.225 e. The van der Waals surface area contributed by atoms with Gasteiger partial charge in [-0.2, -0.15) is 0 Å². The molecule has 21 heavy (non-hydrogen) atoms. The zero-order valence-corrected chi connectivity index (χ0v) is 12.6. The molecule has 0 unspecified atom stereocenters. The van der Waals surface area contributed by atoms with Gasteiger partial charge in [-0.25, -0.2) is 4.39 Å². The highest BCUT2D eigenvalue weighted by atomic mass is 19.1. The molecule has 0 radical (unpaired) electrons. The minimum absolute atomic E-state index is 0.0789. The topological polar surface area (TPSA) is 58.4 Å². The van der Waals surface area contributed by atoms with Gasteiger partial charge in [-0.1, -0.05) is 19.8 Å². The highest BCUT2D eigenvalue weighted by molar-refractivity contribution is 5.93. The lowest BCUT2D eigenvalue weighted by atomic mass is 10.2.